The molecular formula is C15H17IN2O2. The van der Waals surface area contributed by atoms with Gasteiger partial charge in [0.05, 0.1) is 33.1 Å². The van der Waals surface area contributed by atoms with E-state index in [9.17, 15) is 0 Å². The number of rotatable bonds is 2. The highest BCUT2D eigenvalue weighted by molar-refractivity contribution is 14.1. The number of nitrogen functional groups attached to an aromatic ring is 1. The Morgan fingerprint density at radius 3 is 2.85 bits per heavy atom. The molecule has 0 aromatic heterocycles. The summed E-state index contributed by atoms with van der Waals surface area (Å²) in [6, 6.07) is 5.60. The second-order valence-corrected chi connectivity index (χ2v) is 6.77. The van der Waals surface area contributed by atoms with E-state index in [1.807, 2.05) is 6.07 Å². The highest BCUT2D eigenvalue weighted by Crippen LogP contribution is 2.43. The van der Waals surface area contributed by atoms with E-state index in [4.69, 9.17) is 20.5 Å². The highest BCUT2D eigenvalue weighted by Gasteiger charge is 2.43. The van der Waals surface area contributed by atoms with E-state index in [0.717, 1.165) is 35.9 Å². The third kappa shape index (κ3) is 2.59. The first kappa shape index (κ1) is 14.0. The van der Waals surface area contributed by atoms with E-state index >= 15 is 0 Å². The number of nitrogens with zero attached hydrogens (tertiary/aromatic N) is 1. The van der Waals surface area contributed by atoms with Crippen LogP contribution < -0.4 is 10.5 Å². The van der Waals surface area contributed by atoms with Gasteiger partial charge in [0.15, 0.2) is 5.75 Å². The predicted octanol–water partition coefficient (Wildman–Crippen LogP) is 3.23. The quantitative estimate of drug-likeness (QED) is 0.628. The van der Waals surface area contributed by atoms with Crippen LogP contribution in [0.4, 0.5) is 5.69 Å². The minimum atomic E-state index is 0.0652. The van der Waals surface area contributed by atoms with Crippen molar-refractivity contribution >= 4 is 28.3 Å². The second-order valence-electron chi connectivity index (χ2n) is 5.61. The molecule has 1 unspecified atom stereocenters. The van der Waals surface area contributed by atoms with Crippen LogP contribution in [0.3, 0.4) is 0 Å². The normalized spacial score (nSPS) is 23.9. The van der Waals surface area contributed by atoms with Crippen molar-refractivity contribution in [2.75, 3.05) is 12.3 Å². The van der Waals surface area contributed by atoms with Gasteiger partial charge in [-0.3, -0.25) is 0 Å². The average molecular weight is 384 g/mol. The van der Waals surface area contributed by atoms with Crippen LogP contribution in [0.2, 0.25) is 0 Å². The fourth-order valence-corrected chi connectivity index (χ4v) is 3.75. The third-order valence-electron chi connectivity index (χ3n) is 4.20. The molecule has 1 heterocycles. The molecule has 1 spiro atoms. The van der Waals surface area contributed by atoms with Gasteiger partial charge < -0.3 is 15.2 Å². The van der Waals surface area contributed by atoms with Gasteiger partial charge >= 0.3 is 0 Å². The predicted molar refractivity (Wildman–Crippen MR) is 84.5 cm³/mol. The third-order valence-corrected chi connectivity index (χ3v) is 5.00. The number of nitrogens with two attached hydrogens (primary N) is 1. The van der Waals surface area contributed by atoms with E-state index in [-0.39, 0.29) is 11.7 Å². The standard InChI is InChI=1S/C15H17IN2O2/c16-12-6-10(9-17)7-13(18)14(12)20-11-2-5-19-15(8-11)3-1-4-15/h6-7,11H,1-5,8,18H2. The first-order valence-corrected chi connectivity index (χ1v) is 7.99. The van der Waals surface area contributed by atoms with E-state index in [1.54, 1.807) is 6.07 Å². The second kappa shape index (κ2) is 5.41. The summed E-state index contributed by atoms with van der Waals surface area (Å²) in [6.45, 7) is 0.761. The van der Waals surface area contributed by atoms with Crippen molar-refractivity contribution in [3.63, 3.8) is 0 Å². The maximum Gasteiger partial charge on any atom is 0.155 e. The average Bonchev–Trinajstić information content (AvgIpc) is 2.41. The molecule has 1 atom stereocenters. The lowest BCUT2D eigenvalue weighted by molar-refractivity contribution is -0.153. The Hall–Kier alpha value is -1.00. The number of benzene rings is 1. The van der Waals surface area contributed by atoms with Crippen LogP contribution in [0.1, 0.15) is 37.7 Å². The van der Waals surface area contributed by atoms with Crippen molar-refractivity contribution in [2.45, 2.75) is 43.8 Å². The molecule has 1 aliphatic carbocycles. The Labute approximate surface area is 132 Å². The van der Waals surface area contributed by atoms with Gasteiger partial charge in [0.25, 0.3) is 0 Å². The maximum absolute atomic E-state index is 8.94. The van der Waals surface area contributed by atoms with Crippen molar-refractivity contribution in [1.82, 2.24) is 0 Å². The molecule has 1 aromatic rings. The summed E-state index contributed by atoms with van der Waals surface area (Å²) >= 11 is 2.18. The summed E-state index contributed by atoms with van der Waals surface area (Å²) in [4.78, 5) is 0. The topological polar surface area (TPSA) is 68.3 Å². The molecule has 106 valence electrons. The Morgan fingerprint density at radius 2 is 2.25 bits per heavy atom. The Morgan fingerprint density at radius 1 is 1.45 bits per heavy atom. The monoisotopic (exact) mass is 384 g/mol. The minimum absolute atomic E-state index is 0.0652. The summed E-state index contributed by atoms with van der Waals surface area (Å²) in [5.41, 5.74) is 7.20. The van der Waals surface area contributed by atoms with Crippen molar-refractivity contribution in [2.24, 2.45) is 0 Å². The van der Waals surface area contributed by atoms with E-state index in [1.165, 1.54) is 6.42 Å². The molecule has 1 aliphatic heterocycles. The molecular weight excluding hydrogens is 367 g/mol. The zero-order valence-corrected chi connectivity index (χ0v) is 13.4. The number of hydrogen-bond acceptors (Lipinski definition) is 4. The number of halogens is 1. The van der Waals surface area contributed by atoms with Gasteiger partial charge in [-0.15, -0.1) is 0 Å². The first-order chi connectivity index (χ1) is 9.62. The number of anilines is 1. The van der Waals surface area contributed by atoms with Crippen LogP contribution in [-0.2, 0) is 4.74 Å². The smallest absolute Gasteiger partial charge is 0.155 e. The molecule has 5 heteroatoms. The molecule has 1 aromatic carbocycles. The van der Waals surface area contributed by atoms with Gasteiger partial charge in [0, 0.05) is 12.8 Å². The summed E-state index contributed by atoms with van der Waals surface area (Å²) in [5, 5.41) is 8.94. The molecule has 2 N–H and O–H groups in total. The fourth-order valence-electron chi connectivity index (χ4n) is 2.97. The lowest BCUT2D eigenvalue weighted by Gasteiger charge is -2.47. The van der Waals surface area contributed by atoms with Gasteiger partial charge in [-0.05, 0) is 54.0 Å². The lowest BCUT2D eigenvalue weighted by atomic mass is 9.74. The highest BCUT2D eigenvalue weighted by atomic mass is 127. The van der Waals surface area contributed by atoms with Crippen LogP contribution in [0, 0.1) is 14.9 Å². The van der Waals surface area contributed by atoms with Crippen LogP contribution in [0.25, 0.3) is 0 Å². The number of nitriles is 1. The number of ether oxygens (including phenoxy) is 2. The minimum Gasteiger partial charge on any atom is -0.487 e. The van der Waals surface area contributed by atoms with E-state index in [0.29, 0.717) is 17.0 Å². The summed E-state index contributed by atoms with van der Waals surface area (Å²) in [7, 11) is 0. The summed E-state index contributed by atoms with van der Waals surface area (Å²) in [6.07, 6.45) is 5.55. The first-order valence-electron chi connectivity index (χ1n) is 6.92. The SMILES string of the molecule is N#Cc1cc(N)c(OC2CCOC3(CCC3)C2)c(I)c1. The fraction of sp³-hybridized carbons (Fsp3) is 0.533. The Bertz CT molecular complexity index is 540. The molecule has 2 fully saturated rings. The van der Waals surface area contributed by atoms with Crippen LogP contribution >= 0.6 is 22.6 Å². The molecule has 1 saturated carbocycles. The largest absolute Gasteiger partial charge is 0.487 e. The van der Waals surface area contributed by atoms with Gasteiger partial charge in [-0.25, -0.2) is 0 Å². The summed E-state index contributed by atoms with van der Waals surface area (Å²) in [5.74, 6) is 0.714. The molecule has 1 saturated heterocycles. The molecule has 0 amide bonds. The molecule has 20 heavy (non-hydrogen) atoms. The van der Waals surface area contributed by atoms with Gasteiger partial charge in [-0.1, -0.05) is 0 Å². The van der Waals surface area contributed by atoms with Gasteiger partial charge in [0.1, 0.15) is 6.10 Å². The molecule has 2 aliphatic rings. The van der Waals surface area contributed by atoms with Crippen molar-refractivity contribution in [3.8, 4) is 11.8 Å². The van der Waals surface area contributed by atoms with E-state index in [2.05, 4.69) is 28.7 Å². The number of hydrogen-bond donors (Lipinski definition) is 1. The van der Waals surface area contributed by atoms with Gasteiger partial charge in [0.2, 0.25) is 0 Å². The Balaban J connectivity index is 1.76. The van der Waals surface area contributed by atoms with Gasteiger partial charge in [-0.2, -0.15) is 5.26 Å². The summed E-state index contributed by atoms with van der Waals surface area (Å²) < 4.78 is 12.9. The molecule has 0 radical (unpaired) electrons. The van der Waals surface area contributed by atoms with Crippen molar-refractivity contribution in [3.05, 3.63) is 21.3 Å². The van der Waals surface area contributed by atoms with Crippen LogP contribution in [0.15, 0.2) is 12.1 Å². The van der Waals surface area contributed by atoms with Crippen molar-refractivity contribution < 1.29 is 9.47 Å². The molecule has 4 nitrogen and oxygen atoms in total. The Kier molecular flexibility index (Phi) is 3.78. The van der Waals surface area contributed by atoms with Crippen LogP contribution in [0.5, 0.6) is 5.75 Å². The lowest BCUT2D eigenvalue weighted by Crippen LogP contribution is -2.48. The maximum atomic E-state index is 8.94. The zero-order chi connectivity index (χ0) is 14.2. The molecule has 0 bridgehead atoms. The zero-order valence-electron chi connectivity index (χ0n) is 11.2. The van der Waals surface area contributed by atoms with E-state index < -0.39 is 0 Å². The van der Waals surface area contributed by atoms with Crippen LogP contribution in [-0.4, -0.2) is 18.3 Å². The van der Waals surface area contributed by atoms with Crippen molar-refractivity contribution in [1.29, 1.82) is 5.26 Å². The molecule has 3 rings (SSSR count).